The highest BCUT2D eigenvalue weighted by Crippen LogP contribution is 2.21. The lowest BCUT2D eigenvalue weighted by molar-refractivity contribution is -0.106. The molecule has 0 spiro atoms. The van der Waals surface area contributed by atoms with E-state index in [0.717, 1.165) is 4.88 Å². The summed E-state index contributed by atoms with van der Waals surface area (Å²) in [6, 6.07) is 3.77. The Kier molecular flexibility index (Phi) is 2.85. The summed E-state index contributed by atoms with van der Waals surface area (Å²) in [5.41, 5.74) is 0.585. The molecule has 0 unspecified atom stereocenters. The summed E-state index contributed by atoms with van der Waals surface area (Å²) in [4.78, 5) is 11.7. The smallest absolute Gasteiger partial charge is 0.253 e. The van der Waals surface area contributed by atoms with E-state index in [-0.39, 0.29) is 0 Å². The van der Waals surface area contributed by atoms with Gasteiger partial charge in [-0.2, -0.15) is 0 Å². The molecule has 0 atom stereocenters. The SMILES string of the molecule is CC=C(C(=O)Cl)c1cccs1. The van der Waals surface area contributed by atoms with Crippen molar-refractivity contribution >= 4 is 33.8 Å². The zero-order chi connectivity index (χ0) is 8.27. The number of hydrogen-bond acceptors (Lipinski definition) is 2. The maximum atomic E-state index is 10.8. The Hall–Kier alpha value is -0.600. The third-order valence-corrected chi connectivity index (χ3v) is 2.39. The first-order valence-electron chi connectivity index (χ1n) is 3.15. The van der Waals surface area contributed by atoms with Crippen molar-refractivity contribution in [2.24, 2.45) is 0 Å². The maximum Gasteiger partial charge on any atom is 0.253 e. The largest absolute Gasteiger partial charge is 0.276 e. The van der Waals surface area contributed by atoms with Crippen molar-refractivity contribution in [2.45, 2.75) is 6.92 Å². The average molecular weight is 187 g/mol. The van der Waals surface area contributed by atoms with Crippen LogP contribution in [0.5, 0.6) is 0 Å². The third kappa shape index (κ3) is 1.91. The molecule has 0 aromatic carbocycles. The number of carbonyl (C=O) groups excluding carboxylic acids is 1. The van der Waals surface area contributed by atoms with Crippen LogP contribution < -0.4 is 0 Å². The van der Waals surface area contributed by atoms with Gasteiger partial charge in [0.05, 0.1) is 0 Å². The van der Waals surface area contributed by atoms with Gasteiger partial charge < -0.3 is 0 Å². The molecule has 1 aromatic rings. The van der Waals surface area contributed by atoms with E-state index < -0.39 is 5.24 Å². The molecule has 0 saturated heterocycles. The molecule has 58 valence electrons. The van der Waals surface area contributed by atoms with Gasteiger partial charge in [-0.3, -0.25) is 4.79 Å². The van der Waals surface area contributed by atoms with Gasteiger partial charge in [0.1, 0.15) is 0 Å². The van der Waals surface area contributed by atoms with Crippen molar-refractivity contribution in [1.29, 1.82) is 0 Å². The topological polar surface area (TPSA) is 17.1 Å². The van der Waals surface area contributed by atoms with Crippen molar-refractivity contribution in [3.8, 4) is 0 Å². The molecule has 1 heterocycles. The number of hydrogen-bond donors (Lipinski definition) is 0. The number of carbonyl (C=O) groups is 1. The predicted molar refractivity (Wildman–Crippen MR) is 48.8 cm³/mol. The Balaban J connectivity index is 2.99. The highest BCUT2D eigenvalue weighted by molar-refractivity contribution is 7.12. The van der Waals surface area contributed by atoms with Crippen LogP contribution in [-0.2, 0) is 4.79 Å². The van der Waals surface area contributed by atoms with Crippen molar-refractivity contribution in [2.75, 3.05) is 0 Å². The Morgan fingerprint density at radius 3 is 2.82 bits per heavy atom. The number of allylic oxidation sites excluding steroid dienone is 2. The first-order chi connectivity index (χ1) is 5.25. The van der Waals surface area contributed by atoms with Crippen molar-refractivity contribution in [1.82, 2.24) is 0 Å². The van der Waals surface area contributed by atoms with Crippen LogP contribution in [0, 0.1) is 0 Å². The van der Waals surface area contributed by atoms with E-state index in [4.69, 9.17) is 11.6 Å². The molecule has 0 bridgehead atoms. The summed E-state index contributed by atoms with van der Waals surface area (Å²) >= 11 is 6.85. The molecular weight excluding hydrogens is 180 g/mol. The quantitative estimate of drug-likeness (QED) is 0.513. The predicted octanol–water partition coefficient (Wildman–Crippen LogP) is 2.92. The van der Waals surface area contributed by atoms with Crippen LogP contribution in [0.4, 0.5) is 0 Å². The molecule has 1 aromatic heterocycles. The van der Waals surface area contributed by atoms with Crippen LogP contribution in [-0.4, -0.2) is 5.24 Å². The lowest BCUT2D eigenvalue weighted by Crippen LogP contribution is -1.88. The molecule has 0 amide bonds. The summed E-state index contributed by atoms with van der Waals surface area (Å²) < 4.78 is 0. The van der Waals surface area contributed by atoms with E-state index in [1.165, 1.54) is 11.3 Å². The van der Waals surface area contributed by atoms with Crippen molar-refractivity contribution < 1.29 is 4.79 Å². The molecule has 0 aliphatic heterocycles. The van der Waals surface area contributed by atoms with Crippen LogP contribution in [0.15, 0.2) is 23.6 Å². The number of halogens is 1. The second-order valence-corrected chi connectivity index (χ2v) is 3.24. The van der Waals surface area contributed by atoms with E-state index in [2.05, 4.69) is 0 Å². The van der Waals surface area contributed by atoms with Crippen LogP contribution in [0.1, 0.15) is 11.8 Å². The van der Waals surface area contributed by atoms with Crippen LogP contribution in [0.2, 0.25) is 0 Å². The van der Waals surface area contributed by atoms with Gasteiger partial charge in [0.15, 0.2) is 0 Å². The average Bonchev–Trinajstić information content (AvgIpc) is 2.40. The van der Waals surface area contributed by atoms with Gasteiger partial charge in [-0.15, -0.1) is 11.3 Å². The molecule has 0 N–H and O–H groups in total. The fourth-order valence-corrected chi connectivity index (χ4v) is 1.85. The summed E-state index contributed by atoms with van der Waals surface area (Å²) in [5.74, 6) is 0. The molecule has 0 aliphatic carbocycles. The van der Waals surface area contributed by atoms with E-state index in [9.17, 15) is 4.79 Å². The lowest BCUT2D eigenvalue weighted by Gasteiger charge is -1.94. The summed E-state index contributed by atoms with van der Waals surface area (Å²) in [6.07, 6.45) is 1.72. The Morgan fingerprint density at radius 2 is 2.45 bits per heavy atom. The van der Waals surface area contributed by atoms with Crippen molar-refractivity contribution in [3.63, 3.8) is 0 Å². The molecule has 0 radical (unpaired) electrons. The minimum atomic E-state index is -0.394. The van der Waals surface area contributed by atoms with E-state index >= 15 is 0 Å². The van der Waals surface area contributed by atoms with Gasteiger partial charge in [-0.1, -0.05) is 12.1 Å². The van der Waals surface area contributed by atoms with Crippen LogP contribution in [0.3, 0.4) is 0 Å². The molecule has 0 saturated carbocycles. The Labute approximate surface area is 74.3 Å². The first-order valence-corrected chi connectivity index (χ1v) is 4.41. The van der Waals surface area contributed by atoms with E-state index in [1.54, 1.807) is 13.0 Å². The second-order valence-electron chi connectivity index (χ2n) is 1.95. The summed E-state index contributed by atoms with van der Waals surface area (Å²) in [6.45, 7) is 1.80. The second kappa shape index (κ2) is 3.69. The number of rotatable bonds is 2. The highest BCUT2D eigenvalue weighted by atomic mass is 35.5. The highest BCUT2D eigenvalue weighted by Gasteiger charge is 2.07. The summed E-state index contributed by atoms with van der Waals surface area (Å²) in [7, 11) is 0. The molecule has 1 nitrogen and oxygen atoms in total. The Morgan fingerprint density at radius 1 is 1.73 bits per heavy atom. The first kappa shape index (κ1) is 8.50. The minimum absolute atomic E-state index is 0.394. The minimum Gasteiger partial charge on any atom is -0.276 e. The van der Waals surface area contributed by atoms with Gasteiger partial charge in [0.2, 0.25) is 0 Å². The zero-order valence-electron chi connectivity index (χ0n) is 6.00. The zero-order valence-corrected chi connectivity index (χ0v) is 7.58. The molecule has 3 heteroatoms. The van der Waals surface area contributed by atoms with Crippen LogP contribution in [0.25, 0.3) is 5.57 Å². The molecule has 0 fully saturated rings. The fourth-order valence-electron chi connectivity index (χ4n) is 0.784. The van der Waals surface area contributed by atoms with Gasteiger partial charge in [0.25, 0.3) is 5.24 Å². The maximum absolute atomic E-state index is 10.8. The standard InChI is InChI=1S/C8H7ClOS/c1-2-6(8(9)10)7-4-3-5-11-7/h2-5H,1H3. The van der Waals surface area contributed by atoms with E-state index in [0.29, 0.717) is 5.57 Å². The third-order valence-electron chi connectivity index (χ3n) is 1.29. The number of thiophene rings is 1. The molecule has 1 rings (SSSR count). The normalized spacial score (nSPS) is 11.6. The molecule has 0 aliphatic rings. The van der Waals surface area contributed by atoms with E-state index in [1.807, 2.05) is 17.5 Å². The molecule has 11 heavy (non-hydrogen) atoms. The van der Waals surface area contributed by atoms with Gasteiger partial charge in [0, 0.05) is 10.5 Å². The van der Waals surface area contributed by atoms with Gasteiger partial charge >= 0.3 is 0 Å². The van der Waals surface area contributed by atoms with Crippen LogP contribution >= 0.6 is 22.9 Å². The monoisotopic (exact) mass is 186 g/mol. The van der Waals surface area contributed by atoms with Gasteiger partial charge in [-0.25, -0.2) is 0 Å². The summed E-state index contributed by atoms with van der Waals surface area (Å²) in [5, 5.41) is 1.52. The lowest BCUT2D eigenvalue weighted by atomic mass is 10.2. The molecular formula is C8H7ClOS. The van der Waals surface area contributed by atoms with Gasteiger partial charge in [-0.05, 0) is 30.0 Å². The van der Waals surface area contributed by atoms with Crippen molar-refractivity contribution in [3.05, 3.63) is 28.5 Å². The Bertz CT molecular complexity index is 274. The fraction of sp³-hybridized carbons (Fsp3) is 0.125.